The molecule has 2 aromatic carbocycles. The molecule has 0 atom stereocenters. The van der Waals surface area contributed by atoms with Crippen LogP contribution in [-0.4, -0.2) is 11.6 Å². The first-order chi connectivity index (χ1) is 10.8. The first-order valence-electron chi connectivity index (χ1n) is 8.14. The molecule has 2 aromatic rings. The SMILES string of the molecule is CC.Cc1cc(C)c2c(c1)C(=O)c1c(C)c(C)cc(C)c1C2=O. The van der Waals surface area contributed by atoms with Gasteiger partial charge in [-0.1, -0.05) is 31.5 Å². The quantitative estimate of drug-likeness (QED) is 0.583. The van der Waals surface area contributed by atoms with Gasteiger partial charge < -0.3 is 0 Å². The smallest absolute Gasteiger partial charge is 0.195 e. The van der Waals surface area contributed by atoms with Crippen LogP contribution in [0, 0.1) is 34.6 Å². The fourth-order valence-electron chi connectivity index (χ4n) is 3.37. The fraction of sp³-hybridized carbons (Fsp3) is 0.333. The number of fused-ring (bicyclic) bond motifs is 2. The Labute approximate surface area is 138 Å². The molecular weight excluding hydrogens is 284 g/mol. The molecule has 0 unspecified atom stereocenters. The van der Waals surface area contributed by atoms with Gasteiger partial charge in [0.05, 0.1) is 0 Å². The Kier molecular flexibility index (Phi) is 4.56. The average Bonchev–Trinajstić information content (AvgIpc) is 2.49. The summed E-state index contributed by atoms with van der Waals surface area (Å²) in [6.07, 6.45) is 0. The predicted octanol–water partition coefficient (Wildman–Crippen LogP) is 5.03. The van der Waals surface area contributed by atoms with Crippen molar-refractivity contribution < 1.29 is 9.59 Å². The first kappa shape index (κ1) is 17.1. The van der Waals surface area contributed by atoms with Gasteiger partial charge in [-0.05, 0) is 62.9 Å². The van der Waals surface area contributed by atoms with Crippen molar-refractivity contribution in [3.8, 4) is 0 Å². The standard InChI is InChI=1S/C19H18O2.C2H6/c1-9-6-11(3)15-14(7-9)18(20)17-13(5)10(2)8-12(4)16(17)19(15)21;1-2/h6-8H,1-5H3;1-2H3. The molecule has 0 saturated heterocycles. The highest BCUT2D eigenvalue weighted by atomic mass is 16.1. The molecule has 0 radical (unpaired) electrons. The summed E-state index contributed by atoms with van der Waals surface area (Å²) in [7, 11) is 0. The fourth-order valence-corrected chi connectivity index (χ4v) is 3.37. The third kappa shape index (κ3) is 2.52. The van der Waals surface area contributed by atoms with Gasteiger partial charge in [-0.25, -0.2) is 0 Å². The lowest BCUT2D eigenvalue weighted by atomic mass is 9.77. The predicted molar refractivity (Wildman–Crippen MR) is 94.8 cm³/mol. The van der Waals surface area contributed by atoms with E-state index in [1.165, 1.54) is 0 Å². The van der Waals surface area contributed by atoms with Crippen molar-refractivity contribution in [2.24, 2.45) is 0 Å². The van der Waals surface area contributed by atoms with Gasteiger partial charge >= 0.3 is 0 Å². The van der Waals surface area contributed by atoms with Crippen molar-refractivity contribution in [2.75, 3.05) is 0 Å². The molecule has 0 N–H and O–H groups in total. The number of ketones is 2. The molecular formula is C21H24O2. The van der Waals surface area contributed by atoms with Crippen LogP contribution in [0.1, 0.15) is 73.5 Å². The van der Waals surface area contributed by atoms with Gasteiger partial charge in [0, 0.05) is 22.3 Å². The first-order valence-corrected chi connectivity index (χ1v) is 8.14. The lowest BCUT2D eigenvalue weighted by molar-refractivity contribution is 0.0977. The highest BCUT2D eigenvalue weighted by Crippen LogP contribution is 2.34. The third-order valence-electron chi connectivity index (χ3n) is 4.45. The summed E-state index contributed by atoms with van der Waals surface area (Å²) in [4.78, 5) is 25.8. The summed E-state index contributed by atoms with van der Waals surface area (Å²) in [5.41, 5.74) is 7.06. The highest BCUT2D eigenvalue weighted by molar-refractivity contribution is 6.30. The minimum absolute atomic E-state index is 0.0160. The zero-order valence-corrected chi connectivity index (χ0v) is 15.0. The number of carbonyl (C=O) groups is 2. The molecule has 0 amide bonds. The van der Waals surface area contributed by atoms with Crippen LogP contribution in [0.3, 0.4) is 0 Å². The number of carbonyl (C=O) groups excluding carboxylic acids is 2. The number of benzene rings is 2. The molecule has 0 fully saturated rings. The van der Waals surface area contributed by atoms with E-state index in [0.717, 1.165) is 27.8 Å². The van der Waals surface area contributed by atoms with Crippen LogP contribution in [0.25, 0.3) is 0 Å². The van der Waals surface area contributed by atoms with E-state index in [9.17, 15) is 9.59 Å². The summed E-state index contributed by atoms with van der Waals surface area (Å²) >= 11 is 0. The van der Waals surface area contributed by atoms with Gasteiger partial charge in [0.2, 0.25) is 0 Å². The van der Waals surface area contributed by atoms with Crippen molar-refractivity contribution in [3.05, 3.63) is 68.3 Å². The van der Waals surface area contributed by atoms with E-state index in [1.807, 2.05) is 66.7 Å². The molecule has 2 heteroatoms. The van der Waals surface area contributed by atoms with E-state index in [1.54, 1.807) is 0 Å². The van der Waals surface area contributed by atoms with E-state index in [-0.39, 0.29) is 11.6 Å². The maximum atomic E-state index is 12.9. The molecule has 3 rings (SSSR count). The zero-order chi connectivity index (χ0) is 17.5. The Morgan fingerprint density at radius 3 is 1.78 bits per heavy atom. The lowest BCUT2D eigenvalue weighted by Crippen LogP contribution is -2.25. The Morgan fingerprint density at radius 1 is 0.609 bits per heavy atom. The molecule has 0 heterocycles. The van der Waals surface area contributed by atoms with Crippen LogP contribution in [0.4, 0.5) is 0 Å². The number of hydrogen-bond donors (Lipinski definition) is 0. The molecule has 0 aliphatic heterocycles. The van der Waals surface area contributed by atoms with Crippen LogP contribution < -0.4 is 0 Å². The molecule has 2 nitrogen and oxygen atoms in total. The van der Waals surface area contributed by atoms with E-state index >= 15 is 0 Å². The van der Waals surface area contributed by atoms with E-state index in [0.29, 0.717) is 22.3 Å². The number of hydrogen-bond acceptors (Lipinski definition) is 2. The van der Waals surface area contributed by atoms with Gasteiger partial charge in [0.15, 0.2) is 11.6 Å². The minimum Gasteiger partial charge on any atom is -0.289 e. The number of aryl methyl sites for hydroxylation is 4. The molecule has 1 aliphatic carbocycles. The summed E-state index contributed by atoms with van der Waals surface area (Å²) in [5.74, 6) is -0.0339. The largest absolute Gasteiger partial charge is 0.289 e. The lowest BCUT2D eigenvalue weighted by Gasteiger charge is -2.24. The van der Waals surface area contributed by atoms with Crippen molar-refractivity contribution in [1.29, 1.82) is 0 Å². The monoisotopic (exact) mass is 308 g/mol. The Balaban J connectivity index is 0.000000924. The maximum Gasteiger partial charge on any atom is 0.195 e. The van der Waals surface area contributed by atoms with Gasteiger partial charge in [-0.2, -0.15) is 0 Å². The molecule has 0 spiro atoms. The second-order valence-corrected chi connectivity index (χ2v) is 6.05. The van der Waals surface area contributed by atoms with Gasteiger partial charge in [-0.15, -0.1) is 0 Å². The molecule has 120 valence electrons. The summed E-state index contributed by atoms with van der Waals surface area (Å²) < 4.78 is 0. The molecule has 0 bridgehead atoms. The molecule has 0 aromatic heterocycles. The van der Waals surface area contributed by atoms with Gasteiger partial charge in [0.25, 0.3) is 0 Å². The normalized spacial score (nSPS) is 12.3. The summed E-state index contributed by atoms with van der Waals surface area (Å²) in [5, 5.41) is 0. The molecule has 1 aliphatic rings. The second kappa shape index (κ2) is 6.11. The maximum absolute atomic E-state index is 12.9. The van der Waals surface area contributed by atoms with Gasteiger partial charge in [0.1, 0.15) is 0 Å². The van der Waals surface area contributed by atoms with Crippen LogP contribution >= 0.6 is 0 Å². The van der Waals surface area contributed by atoms with Crippen molar-refractivity contribution in [2.45, 2.75) is 48.5 Å². The van der Waals surface area contributed by atoms with Gasteiger partial charge in [-0.3, -0.25) is 9.59 Å². The minimum atomic E-state index is -0.0179. The average molecular weight is 308 g/mol. The van der Waals surface area contributed by atoms with E-state index in [2.05, 4.69) is 0 Å². The van der Waals surface area contributed by atoms with Crippen molar-refractivity contribution in [3.63, 3.8) is 0 Å². The Morgan fingerprint density at radius 2 is 1.17 bits per heavy atom. The topological polar surface area (TPSA) is 34.1 Å². The summed E-state index contributed by atoms with van der Waals surface area (Å²) in [6.45, 7) is 13.7. The highest BCUT2D eigenvalue weighted by Gasteiger charge is 2.33. The Hall–Kier alpha value is -2.22. The van der Waals surface area contributed by atoms with E-state index < -0.39 is 0 Å². The van der Waals surface area contributed by atoms with Crippen molar-refractivity contribution >= 4 is 11.6 Å². The van der Waals surface area contributed by atoms with Crippen LogP contribution in [0.15, 0.2) is 18.2 Å². The molecule has 23 heavy (non-hydrogen) atoms. The molecule has 0 saturated carbocycles. The third-order valence-corrected chi connectivity index (χ3v) is 4.45. The van der Waals surface area contributed by atoms with Crippen LogP contribution in [-0.2, 0) is 0 Å². The van der Waals surface area contributed by atoms with Crippen LogP contribution in [0.2, 0.25) is 0 Å². The second-order valence-electron chi connectivity index (χ2n) is 6.05. The van der Waals surface area contributed by atoms with E-state index in [4.69, 9.17) is 0 Å². The van der Waals surface area contributed by atoms with Crippen LogP contribution in [0.5, 0.6) is 0 Å². The van der Waals surface area contributed by atoms with Crippen molar-refractivity contribution in [1.82, 2.24) is 0 Å². The summed E-state index contributed by atoms with van der Waals surface area (Å²) in [6, 6.07) is 5.79. The number of rotatable bonds is 0. The Bertz CT molecular complexity index is 826. The zero-order valence-electron chi connectivity index (χ0n) is 15.0.